The Hall–Kier alpha value is -3.56. The summed E-state index contributed by atoms with van der Waals surface area (Å²) in [5, 5.41) is 28.1. The molecule has 1 unspecified atom stereocenters. The Kier molecular flexibility index (Phi) is 6.01. The van der Waals surface area contributed by atoms with Crippen LogP contribution in [0.3, 0.4) is 0 Å². The first kappa shape index (κ1) is 20.2. The third-order valence-electron chi connectivity index (χ3n) is 4.03. The van der Waals surface area contributed by atoms with Gasteiger partial charge in [0.1, 0.15) is 11.4 Å². The smallest absolute Gasteiger partial charge is 0.276 e. The molecule has 0 radical (unpaired) electrons. The summed E-state index contributed by atoms with van der Waals surface area (Å²) in [6.45, 7) is 0. The van der Waals surface area contributed by atoms with Crippen LogP contribution in [0.15, 0.2) is 48.8 Å². The molecule has 0 aliphatic carbocycles. The molecular formula is C19H18ClN5O4. The zero-order valence-corrected chi connectivity index (χ0v) is 16.0. The van der Waals surface area contributed by atoms with Crippen LogP contribution >= 0.6 is 11.6 Å². The number of aromatic nitrogens is 2. The van der Waals surface area contributed by atoms with E-state index in [4.69, 9.17) is 11.6 Å². The molecule has 0 aliphatic heterocycles. The van der Waals surface area contributed by atoms with Crippen molar-refractivity contribution < 1.29 is 19.8 Å². The van der Waals surface area contributed by atoms with Gasteiger partial charge in [0, 0.05) is 29.0 Å². The second-order valence-corrected chi connectivity index (χ2v) is 6.40. The van der Waals surface area contributed by atoms with Crippen LogP contribution in [0.5, 0.6) is 5.75 Å². The molecule has 10 heteroatoms. The van der Waals surface area contributed by atoms with Crippen LogP contribution in [0.4, 0.5) is 11.4 Å². The lowest BCUT2D eigenvalue weighted by atomic mass is 10.1. The Morgan fingerprint density at radius 2 is 1.79 bits per heavy atom. The Labute approximate surface area is 170 Å². The van der Waals surface area contributed by atoms with Crippen molar-refractivity contribution in [1.29, 1.82) is 0 Å². The van der Waals surface area contributed by atoms with Crippen molar-refractivity contribution in [2.24, 2.45) is 0 Å². The third-order valence-corrected chi connectivity index (χ3v) is 4.37. The van der Waals surface area contributed by atoms with Gasteiger partial charge in [-0.25, -0.2) is 4.98 Å². The number of benzene rings is 2. The number of imidazole rings is 1. The predicted molar refractivity (Wildman–Crippen MR) is 108 cm³/mol. The van der Waals surface area contributed by atoms with E-state index in [1.54, 1.807) is 24.3 Å². The van der Waals surface area contributed by atoms with Crippen LogP contribution in [0.25, 0.3) is 0 Å². The van der Waals surface area contributed by atoms with Gasteiger partial charge in [0.25, 0.3) is 11.8 Å². The Bertz CT molecular complexity index is 1040. The maximum Gasteiger partial charge on any atom is 0.276 e. The standard InChI is InChI=1S/C19H18ClN5O4/c1-21-18(28)15-16(23-9-22-15)19(29)25-11-4-2-10(3-5-11)24-17(27)13-8-12(26)6-7-14(13)20/h2-9,17,24,26-27H,1H3,(H,21,28)(H,22,23)(H,25,29). The number of nitrogens with zero attached hydrogens (tertiary/aromatic N) is 1. The van der Waals surface area contributed by atoms with Crippen molar-refractivity contribution in [2.75, 3.05) is 17.7 Å². The minimum absolute atomic E-state index is 0.0159. The first-order valence-electron chi connectivity index (χ1n) is 8.49. The quantitative estimate of drug-likeness (QED) is 0.342. The van der Waals surface area contributed by atoms with Gasteiger partial charge >= 0.3 is 0 Å². The van der Waals surface area contributed by atoms with Gasteiger partial charge in [-0.05, 0) is 42.5 Å². The van der Waals surface area contributed by atoms with Gasteiger partial charge in [-0.3, -0.25) is 9.59 Å². The molecule has 150 valence electrons. The minimum Gasteiger partial charge on any atom is -0.508 e. The van der Waals surface area contributed by atoms with E-state index in [2.05, 4.69) is 25.9 Å². The molecule has 9 nitrogen and oxygen atoms in total. The number of halogens is 1. The molecule has 0 aliphatic rings. The highest BCUT2D eigenvalue weighted by Crippen LogP contribution is 2.28. The lowest BCUT2D eigenvalue weighted by Gasteiger charge is -2.16. The molecule has 0 bridgehead atoms. The third kappa shape index (κ3) is 4.65. The summed E-state index contributed by atoms with van der Waals surface area (Å²) in [7, 11) is 1.45. The maximum atomic E-state index is 12.4. The summed E-state index contributed by atoms with van der Waals surface area (Å²) in [5.41, 5.74) is 1.39. The molecule has 1 heterocycles. The Morgan fingerprint density at radius 1 is 1.10 bits per heavy atom. The van der Waals surface area contributed by atoms with Crippen molar-refractivity contribution in [3.63, 3.8) is 0 Å². The van der Waals surface area contributed by atoms with Gasteiger partial charge in [-0.15, -0.1) is 0 Å². The van der Waals surface area contributed by atoms with Gasteiger partial charge < -0.3 is 31.1 Å². The lowest BCUT2D eigenvalue weighted by molar-refractivity contribution is 0.0943. The van der Waals surface area contributed by atoms with E-state index >= 15 is 0 Å². The number of hydrogen-bond donors (Lipinski definition) is 6. The Balaban J connectivity index is 1.67. The lowest BCUT2D eigenvalue weighted by Crippen LogP contribution is -2.23. The summed E-state index contributed by atoms with van der Waals surface area (Å²) < 4.78 is 0. The summed E-state index contributed by atoms with van der Waals surface area (Å²) in [4.78, 5) is 30.6. The highest BCUT2D eigenvalue weighted by atomic mass is 35.5. The van der Waals surface area contributed by atoms with Crippen LogP contribution in [0.2, 0.25) is 5.02 Å². The number of aliphatic hydroxyl groups excluding tert-OH is 1. The zero-order chi connectivity index (χ0) is 21.0. The van der Waals surface area contributed by atoms with E-state index in [1.807, 2.05) is 0 Å². The molecule has 3 aromatic rings. The number of anilines is 2. The number of H-pyrrole nitrogens is 1. The van der Waals surface area contributed by atoms with E-state index in [0.29, 0.717) is 22.0 Å². The van der Waals surface area contributed by atoms with E-state index < -0.39 is 18.0 Å². The zero-order valence-electron chi connectivity index (χ0n) is 15.2. The van der Waals surface area contributed by atoms with E-state index in [9.17, 15) is 19.8 Å². The number of rotatable bonds is 6. The summed E-state index contributed by atoms with van der Waals surface area (Å²) in [5.74, 6) is -1.01. The van der Waals surface area contributed by atoms with Gasteiger partial charge in [0.2, 0.25) is 0 Å². The first-order valence-corrected chi connectivity index (χ1v) is 8.86. The number of hydrogen-bond acceptors (Lipinski definition) is 6. The van der Waals surface area contributed by atoms with Gasteiger partial charge in [0.05, 0.1) is 6.33 Å². The fourth-order valence-electron chi connectivity index (χ4n) is 2.58. The number of aromatic hydroxyl groups is 1. The highest BCUT2D eigenvalue weighted by Gasteiger charge is 2.19. The average molecular weight is 416 g/mol. The fraction of sp³-hybridized carbons (Fsp3) is 0.105. The van der Waals surface area contributed by atoms with E-state index in [-0.39, 0.29) is 17.1 Å². The minimum atomic E-state index is -1.14. The number of carbonyl (C=O) groups is 2. The normalized spacial score (nSPS) is 11.6. The number of phenolic OH excluding ortho intramolecular Hbond substituents is 1. The Morgan fingerprint density at radius 3 is 2.48 bits per heavy atom. The van der Waals surface area contributed by atoms with Crippen LogP contribution in [-0.4, -0.2) is 39.0 Å². The van der Waals surface area contributed by atoms with Crippen LogP contribution < -0.4 is 16.0 Å². The number of aromatic amines is 1. The molecule has 0 saturated carbocycles. The topological polar surface area (TPSA) is 139 Å². The van der Waals surface area contributed by atoms with Crippen molar-refractivity contribution in [2.45, 2.75) is 6.23 Å². The molecule has 0 spiro atoms. The van der Waals surface area contributed by atoms with Crippen LogP contribution in [-0.2, 0) is 0 Å². The second kappa shape index (κ2) is 8.63. The summed E-state index contributed by atoms with van der Waals surface area (Å²) >= 11 is 6.04. The number of phenols is 1. The van der Waals surface area contributed by atoms with Crippen LogP contribution in [0, 0.1) is 0 Å². The van der Waals surface area contributed by atoms with E-state index in [0.717, 1.165) is 0 Å². The average Bonchev–Trinajstić information content (AvgIpc) is 3.20. The number of aliphatic hydroxyl groups is 1. The molecule has 2 amide bonds. The van der Waals surface area contributed by atoms with Crippen molar-refractivity contribution in [3.05, 3.63) is 70.8 Å². The molecule has 29 heavy (non-hydrogen) atoms. The monoisotopic (exact) mass is 415 g/mol. The van der Waals surface area contributed by atoms with Gasteiger partial charge in [-0.1, -0.05) is 11.6 Å². The largest absolute Gasteiger partial charge is 0.508 e. The SMILES string of the molecule is CNC(=O)c1[nH]cnc1C(=O)Nc1ccc(NC(O)c2cc(O)ccc2Cl)cc1. The summed E-state index contributed by atoms with van der Waals surface area (Å²) in [6.07, 6.45) is 0.120. The molecule has 0 fully saturated rings. The predicted octanol–water partition coefficient (Wildman–Crippen LogP) is 2.48. The molecule has 0 saturated heterocycles. The highest BCUT2D eigenvalue weighted by molar-refractivity contribution is 6.31. The van der Waals surface area contributed by atoms with E-state index in [1.165, 1.54) is 31.6 Å². The first-order chi connectivity index (χ1) is 13.9. The number of nitrogens with one attached hydrogen (secondary N) is 4. The summed E-state index contributed by atoms with van der Waals surface area (Å²) in [6, 6.07) is 10.8. The van der Waals surface area contributed by atoms with Crippen molar-refractivity contribution >= 4 is 34.8 Å². The van der Waals surface area contributed by atoms with Gasteiger partial charge in [0.15, 0.2) is 11.9 Å². The fourth-order valence-corrected chi connectivity index (χ4v) is 2.80. The maximum absolute atomic E-state index is 12.4. The molecule has 1 atom stereocenters. The number of carbonyl (C=O) groups excluding carboxylic acids is 2. The number of amides is 2. The molecule has 1 aromatic heterocycles. The van der Waals surface area contributed by atoms with Crippen molar-refractivity contribution in [1.82, 2.24) is 15.3 Å². The van der Waals surface area contributed by atoms with Crippen molar-refractivity contribution in [3.8, 4) is 5.75 Å². The molecule has 6 N–H and O–H groups in total. The second-order valence-electron chi connectivity index (χ2n) is 5.99. The van der Waals surface area contributed by atoms with Crippen LogP contribution in [0.1, 0.15) is 32.8 Å². The molecule has 3 rings (SSSR count). The molecular weight excluding hydrogens is 398 g/mol. The van der Waals surface area contributed by atoms with Gasteiger partial charge in [-0.2, -0.15) is 0 Å². The molecule has 2 aromatic carbocycles.